The zero-order valence-corrected chi connectivity index (χ0v) is 10.6. The van der Waals surface area contributed by atoms with Crippen molar-refractivity contribution in [3.63, 3.8) is 0 Å². The highest BCUT2D eigenvalue weighted by Crippen LogP contribution is 2.23. The quantitative estimate of drug-likeness (QED) is 0.853. The van der Waals surface area contributed by atoms with Gasteiger partial charge in [-0.05, 0) is 26.3 Å². The van der Waals surface area contributed by atoms with Crippen LogP contribution in [0.1, 0.15) is 29.5 Å². The van der Waals surface area contributed by atoms with Crippen LogP contribution in [0.5, 0.6) is 0 Å². The minimum absolute atomic E-state index is 0.00844. The molecule has 1 unspecified atom stereocenters. The molecule has 1 aliphatic heterocycles. The van der Waals surface area contributed by atoms with Gasteiger partial charge in [0.1, 0.15) is 0 Å². The van der Waals surface area contributed by atoms with E-state index in [1.807, 2.05) is 0 Å². The maximum Gasteiger partial charge on any atom is 0.287 e. The Bertz CT molecular complexity index is 546. The van der Waals surface area contributed by atoms with E-state index < -0.39 is 15.4 Å². The third kappa shape index (κ3) is 2.52. The predicted molar refractivity (Wildman–Crippen MR) is 62.6 cm³/mol. The van der Waals surface area contributed by atoms with Crippen molar-refractivity contribution < 1.29 is 17.6 Å². The van der Waals surface area contributed by atoms with Gasteiger partial charge in [-0.3, -0.25) is 4.79 Å². The number of amides is 1. The zero-order valence-electron chi connectivity index (χ0n) is 9.82. The Kier molecular flexibility index (Phi) is 2.77. The van der Waals surface area contributed by atoms with Gasteiger partial charge in [0.05, 0.1) is 23.3 Å². The Morgan fingerprint density at radius 2 is 2.24 bits per heavy atom. The largest absolute Gasteiger partial charge is 0.459 e. The van der Waals surface area contributed by atoms with E-state index in [0.717, 1.165) is 5.56 Å². The maximum absolute atomic E-state index is 11.9. The number of rotatable bonds is 2. The molecular formula is C11H15NO4S. The van der Waals surface area contributed by atoms with E-state index in [1.165, 1.54) is 6.26 Å². The molecule has 0 bridgehead atoms. The van der Waals surface area contributed by atoms with Gasteiger partial charge in [-0.2, -0.15) is 0 Å². The van der Waals surface area contributed by atoms with E-state index in [0.29, 0.717) is 6.42 Å². The fourth-order valence-corrected chi connectivity index (χ4v) is 4.14. The summed E-state index contributed by atoms with van der Waals surface area (Å²) >= 11 is 0. The Hall–Kier alpha value is -1.30. The van der Waals surface area contributed by atoms with Crippen molar-refractivity contribution in [1.82, 2.24) is 5.32 Å². The van der Waals surface area contributed by atoms with Gasteiger partial charge < -0.3 is 9.73 Å². The third-order valence-electron chi connectivity index (χ3n) is 2.99. The minimum Gasteiger partial charge on any atom is -0.459 e. The summed E-state index contributed by atoms with van der Waals surface area (Å²) in [6.07, 6.45) is 1.89. The number of carbonyl (C=O) groups excluding carboxylic acids is 1. The summed E-state index contributed by atoms with van der Waals surface area (Å²) in [4.78, 5) is 11.9. The molecule has 0 spiro atoms. The van der Waals surface area contributed by atoms with Crippen LogP contribution in [-0.2, 0) is 9.84 Å². The van der Waals surface area contributed by atoms with E-state index in [2.05, 4.69) is 5.32 Å². The van der Waals surface area contributed by atoms with Crippen molar-refractivity contribution >= 4 is 15.7 Å². The second-order valence-corrected chi connectivity index (χ2v) is 6.97. The van der Waals surface area contributed by atoms with Crippen LogP contribution in [0.3, 0.4) is 0 Å². The van der Waals surface area contributed by atoms with Crippen molar-refractivity contribution in [2.45, 2.75) is 25.8 Å². The average molecular weight is 257 g/mol. The highest BCUT2D eigenvalue weighted by atomic mass is 32.2. The van der Waals surface area contributed by atoms with Gasteiger partial charge in [0.2, 0.25) is 0 Å². The molecule has 2 heterocycles. The zero-order chi connectivity index (χ0) is 12.7. The smallest absolute Gasteiger partial charge is 0.287 e. The lowest BCUT2D eigenvalue weighted by Crippen LogP contribution is -2.47. The first-order valence-corrected chi connectivity index (χ1v) is 7.21. The number of hydrogen-bond donors (Lipinski definition) is 1. The van der Waals surface area contributed by atoms with Crippen LogP contribution in [0.2, 0.25) is 0 Å². The van der Waals surface area contributed by atoms with E-state index in [1.54, 1.807) is 19.9 Å². The topological polar surface area (TPSA) is 76.4 Å². The summed E-state index contributed by atoms with van der Waals surface area (Å²) in [6, 6.07) is 1.70. The molecule has 1 atom stereocenters. The lowest BCUT2D eigenvalue weighted by atomic mass is 10.0. The number of hydrogen-bond acceptors (Lipinski definition) is 4. The molecule has 1 aromatic rings. The number of carbonyl (C=O) groups is 1. The summed E-state index contributed by atoms with van der Waals surface area (Å²) < 4.78 is 27.9. The van der Waals surface area contributed by atoms with Gasteiger partial charge in [-0.25, -0.2) is 8.42 Å². The molecule has 5 nitrogen and oxygen atoms in total. The molecule has 0 radical (unpaired) electrons. The molecule has 6 heteroatoms. The molecule has 1 N–H and O–H groups in total. The third-order valence-corrected chi connectivity index (χ3v) is 4.89. The van der Waals surface area contributed by atoms with Crippen LogP contribution < -0.4 is 5.32 Å². The Morgan fingerprint density at radius 3 is 2.71 bits per heavy atom. The Morgan fingerprint density at radius 1 is 1.53 bits per heavy atom. The van der Waals surface area contributed by atoms with Crippen LogP contribution in [0.15, 0.2) is 16.7 Å². The lowest BCUT2D eigenvalue weighted by Gasteiger charge is -2.23. The van der Waals surface area contributed by atoms with Gasteiger partial charge in [-0.15, -0.1) is 0 Å². The maximum atomic E-state index is 11.9. The van der Waals surface area contributed by atoms with Crippen molar-refractivity contribution in [3.05, 3.63) is 23.7 Å². The molecule has 0 aliphatic carbocycles. The van der Waals surface area contributed by atoms with Crippen molar-refractivity contribution in [1.29, 1.82) is 0 Å². The summed E-state index contributed by atoms with van der Waals surface area (Å²) in [5.74, 6) is 0.00879. The van der Waals surface area contributed by atoms with Gasteiger partial charge in [0.25, 0.3) is 5.91 Å². The minimum atomic E-state index is -3.02. The predicted octanol–water partition coefficient (Wildman–Crippen LogP) is 0.895. The van der Waals surface area contributed by atoms with Crippen molar-refractivity contribution in [2.75, 3.05) is 11.5 Å². The first-order chi connectivity index (χ1) is 7.81. The number of aryl methyl sites for hydroxylation is 1. The second kappa shape index (κ2) is 3.87. The van der Waals surface area contributed by atoms with Gasteiger partial charge in [-0.1, -0.05) is 0 Å². The van der Waals surface area contributed by atoms with Crippen LogP contribution in [0.25, 0.3) is 0 Å². The number of furan rings is 1. The first-order valence-electron chi connectivity index (χ1n) is 5.38. The fourth-order valence-electron chi connectivity index (χ4n) is 2.05. The molecule has 1 aromatic heterocycles. The van der Waals surface area contributed by atoms with E-state index >= 15 is 0 Å². The fraction of sp³-hybridized carbons (Fsp3) is 0.545. The lowest BCUT2D eigenvalue weighted by molar-refractivity contribution is 0.0886. The van der Waals surface area contributed by atoms with E-state index in [-0.39, 0.29) is 23.2 Å². The highest BCUT2D eigenvalue weighted by molar-refractivity contribution is 7.91. The summed E-state index contributed by atoms with van der Waals surface area (Å²) in [6.45, 7) is 3.51. The van der Waals surface area contributed by atoms with Gasteiger partial charge in [0, 0.05) is 5.56 Å². The Labute approximate surface area is 100 Å². The molecule has 17 heavy (non-hydrogen) atoms. The molecule has 1 saturated heterocycles. The summed E-state index contributed by atoms with van der Waals surface area (Å²) in [7, 11) is -3.02. The second-order valence-electron chi connectivity index (χ2n) is 4.79. The molecular weight excluding hydrogens is 242 g/mol. The van der Waals surface area contributed by atoms with Gasteiger partial charge >= 0.3 is 0 Å². The molecule has 94 valence electrons. The monoisotopic (exact) mass is 257 g/mol. The SMILES string of the molecule is Cc1ccoc1C(=O)NC1(C)CCS(=O)(=O)C1. The Balaban J connectivity index is 2.13. The van der Waals surface area contributed by atoms with Crippen LogP contribution in [0, 0.1) is 6.92 Å². The molecule has 1 aliphatic rings. The average Bonchev–Trinajstić information content (AvgIpc) is 2.70. The van der Waals surface area contributed by atoms with Crippen molar-refractivity contribution in [2.24, 2.45) is 0 Å². The molecule has 0 aromatic carbocycles. The number of nitrogens with one attached hydrogen (secondary N) is 1. The van der Waals surface area contributed by atoms with E-state index in [9.17, 15) is 13.2 Å². The van der Waals surface area contributed by atoms with E-state index in [4.69, 9.17) is 4.42 Å². The van der Waals surface area contributed by atoms with Gasteiger partial charge in [0.15, 0.2) is 15.6 Å². The van der Waals surface area contributed by atoms with Crippen LogP contribution in [0.4, 0.5) is 0 Å². The van der Waals surface area contributed by atoms with Crippen LogP contribution >= 0.6 is 0 Å². The standard InChI is InChI=1S/C11H15NO4S/c1-8-3-5-16-9(8)10(13)12-11(2)4-6-17(14,15)7-11/h3,5H,4,6-7H2,1-2H3,(H,12,13). The first kappa shape index (κ1) is 12.2. The molecule has 1 amide bonds. The van der Waals surface area contributed by atoms with Crippen LogP contribution in [-0.4, -0.2) is 31.4 Å². The molecule has 1 fully saturated rings. The normalized spacial score (nSPS) is 26.9. The van der Waals surface area contributed by atoms with Crippen molar-refractivity contribution in [3.8, 4) is 0 Å². The molecule has 0 saturated carbocycles. The highest BCUT2D eigenvalue weighted by Gasteiger charge is 2.40. The number of sulfone groups is 1. The summed E-state index contributed by atoms with van der Waals surface area (Å²) in [5, 5.41) is 2.74. The summed E-state index contributed by atoms with van der Waals surface area (Å²) in [5.41, 5.74) is 0.0572. The molecule has 2 rings (SSSR count).